The summed E-state index contributed by atoms with van der Waals surface area (Å²) in [5.41, 5.74) is 3.25. The maximum absolute atomic E-state index is 13.0. The number of methoxy groups -OCH3 is 1. The van der Waals surface area contributed by atoms with Crippen LogP contribution < -0.4 is 10.4 Å². The number of nitrogens with zero attached hydrogens (tertiary/aromatic N) is 3. The van der Waals surface area contributed by atoms with E-state index in [0.717, 1.165) is 53.6 Å². The first-order chi connectivity index (χ1) is 13.1. The van der Waals surface area contributed by atoms with Gasteiger partial charge in [0.15, 0.2) is 0 Å². The molecule has 4 rings (SSSR count). The van der Waals surface area contributed by atoms with Gasteiger partial charge in [0.2, 0.25) is 0 Å². The fraction of sp³-hybridized carbons (Fsp3) is 0.381. The molecule has 0 bridgehead atoms. The second kappa shape index (κ2) is 7.52. The Morgan fingerprint density at radius 2 is 1.89 bits per heavy atom. The second-order valence-electron chi connectivity index (χ2n) is 7.14. The molecule has 0 spiro atoms. The largest absolute Gasteiger partial charge is 0.497 e. The van der Waals surface area contributed by atoms with E-state index >= 15 is 0 Å². The maximum Gasteiger partial charge on any atom is 0.330 e. The van der Waals surface area contributed by atoms with Crippen LogP contribution in [0.1, 0.15) is 31.0 Å². The Kier molecular flexibility index (Phi) is 5.10. The number of rotatable bonds is 4. The average molecular weight is 430 g/mol. The third-order valence-electron chi connectivity index (χ3n) is 5.47. The molecule has 2 heterocycles. The highest BCUT2D eigenvalue weighted by atomic mass is 79.9. The molecule has 1 fully saturated rings. The molecule has 3 aromatic rings. The van der Waals surface area contributed by atoms with E-state index in [0.29, 0.717) is 0 Å². The summed E-state index contributed by atoms with van der Waals surface area (Å²) in [4.78, 5) is 15.5. The monoisotopic (exact) mass is 429 g/mol. The third-order valence-corrected chi connectivity index (χ3v) is 5.97. The smallest absolute Gasteiger partial charge is 0.330 e. The van der Waals surface area contributed by atoms with Gasteiger partial charge >= 0.3 is 5.69 Å². The summed E-state index contributed by atoms with van der Waals surface area (Å²) in [6.07, 6.45) is 3.38. The number of imidazole rings is 1. The minimum atomic E-state index is 0.0507. The number of ether oxygens (including phenoxy) is 1. The molecule has 1 atom stereocenters. The van der Waals surface area contributed by atoms with Gasteiger partial charge in [-0.1, -0.05) is 28.1 Å². The number of fused-ring (bicyclic) bond motifs is 1. The lowest BCUT2D eigenvalue weighted by atomic mass is 10.1. The Morgan fingerprint density at radius 1 is 1.11 bits per heavy atom. The molecule has 0 radical (unpaired) electrons. The molecule has 1 aromatic heterocycles. The van der Waals surface area contributed by atoms with Gasteiger partial charge in [-0.15, -0.1) is 0 Å². The van der Waals surface area contributed by atoms with Gasteiger partial charge in [0.05, 0.1) is 24.3 Å². The molecule has 142 valence electrons. The molecule has 6 heteroatoms. The highest BCUT2D eigenvalue weighted by Gasteiger charge is 2.27. The van der Waals surface area contributed by atoms with Crippen molar-refractivity contribution < 1.29 is 4.74 Å². The van der Waals surface area contributed by atoms with E-state index in [4.69, 9.17) is 4.74 Å². The molecular formula is C21H24BrN3O2. The van der Waals surface area contributed by atoms with Crippen molar-refractivity contribution in [3.63, 3.8) is 0 Å². The van der Waals surface area contributed by atoms with Crippen molar-refractivity contribution in [2.75, 3.05) is 13.7 Å². The van der Waals surface area contributed by atoms with Crippen molar-refractivity contribution in [2.24, 2.45) is 7.05 Å². The van der Waals surface area contributed by atoms with Crippen molar-refractivity contribution in [3.8, 4) is 5.75 Å². The van der Waals surface area contributed by atoms with Crippen molar-refractivity contribution in [1.82, 2.24) is 14.0 Å². The lowest BCUT2D eigenvalue weighted by molar-refractivity contribution is 0.0876. The van der Waals surface area contributed by atoms with Crippen LogP contribution in [0.5, 0.6) is 5.75 Å². The van der Waals surface area contributed by atoms with Crippen molar-refractivity contribution >= 4 is 27.0 Å². The van der Waals surface area contributed by atoms with E-state index in [9.17, 15) is 4.79 Å². The van der Waals surface area contributed by atoms with E-state index in [1.54, 1.807) is 11.7 Å². The Bertz CT molecular complexity index is 1010. The average Bonchev–Trinajstić information content (AvgIpc) is 2.93. The zero-order valence-corrected chi connectivity index (χ0v) is 17.3. The van der Waals surface area contributed by atoms with Gasteiger partial charge in [0.1, 0.15) is 5.75 Å². The van der Waals surface area contributed by atoms with Crippen LogP contribution in [-0.2, 0) is 13.6 Å². The number of aryl methyl sites for hydroxylation is 1. The summed E-state index contributed by atoms with van der Waals surface area (Å²) in [6, 6.07) is 14.3. The summed E-state index contributed by atoms with van der Waals surface area (Å²) in [7, 11) is 3.53. The second-order valence-corrected chi connectivity index (χ2v) is 8.06. The third kappa shape index (κ3) is 3.44. The van der Waals surface area contributed by atoms with Crippen LogP contribution >= 0.6 is 15.9 Å². The summed E-state index contributed by atoms with van der Waals surface area (Å²) < 4.78 is 9.97. The lowest BCUT2D eigenvalue weighted by Crippen LogP contribution is -2.40. The van der Waals surface area contributed by atoms with Crippen LogP contribution in [0.15, 0.2) is 51.7 Å². The molecule has 0 amide bonds. The molecular weight excluding hydrogens is 406 g/mol. The van der Waals surface area contributed by atoms with Gasteiger partial charge in [-0.25, -0.2) is 4.79 Å². The number of hydrogen-bond donors (Lipinski definition) is 0. The molecule has 1 aliphatic heterocycles. The molecule has 2 aromatic carbocycles. The zero-order chi connectivity index (χ0) is 19.0. The van der Waals surface area contributed by atoms with Gasteiger partial charge < -0.3 is 4.74 Å². The van der Waals surface area contributed by atoms with Crippen molar-refractivity contribution in [3.05, 3.63) is 63.0 Å². The molecule has 0 aliphatic carbocycles. The number of likely N-dealkylation sites (tertiary alicyclic amines) is 1. The fourth-order valence-corrected chi connectivity index (χ4v) is 4.39. The normalized spacial score (nSPS) is 18.1. The van der Waals surface area contributed by atoms with E-state index in [2.05, 4.69) is 33.0 Å². The van der Waals surface area contributed by atoms with E-state index in [1.165, 1.54) is 5.56 Å². The predicted octanol–water partition coefficient (Wildman–Crippen LogP) is 4.30. The Morgan fingerprint density at radius 3 is 2.63 bits per heavy atom. The van der Waals surface area contributed by atoms with Crippen LogP contribution in [0, 0.1) is 0 Å². The SMILES string of the molecule is COc1ccc(CN2CCCCC2n2c(=O)n(C)c3cc(Br)ccc32)cc1. The molecule has 0 saturated carbocycles. The van der Waals surface area contributed by atoms with Crippen LogP contribution in [0.2, 0.25) is 0 Å². The van der Waals surface area contributed by atoms with Gasteiger partial charge in [0.25, 0.3) is 0 Å². The molecule has 1 aliphatic rings. The number of piperidine rings is 1. The zero-order valence-electron chi connectivity index (χ0n) is 15.7. The molecule has 5 nitrogen and oxygen atoms in total. The van der Waals surface area contributed by atoms with Gasteiger partial charge in [-0.2, -0.15) is 0 Å². The van der Waals surface area contributed by atoms with E-state index in [1.807, 2.05) is 41.9 Å². The Labute approximate surface area is 167 Å². The standard InChI is InChI=1S/C21H24BrN3O2/c1-23-19-13-16(22)8-11-18(19)25(21(23)26)20-5-3-4-12-24(20)14-15-6-9-17(27-2)10-7-15/h6-11,13,20H,3-5,12,14H2,1-2H3. The molecule has 27 heavy (non-hydrogen) atoms. The quantitative estimate of drug-likeness (QED) is 0.620. The Balaban J connectivity index is 1.71. The van der Waals surface area contributed by atoms with Crippen LogP contribution in [0.4, 0.5) is 0 Å². The first kappa shape index (κ1) is 18.3. The first-order valence-electron chi connectivity index (χ1n) is 9.32. The molecule has 1 unspecified atom stereocenters. The molecule has 0 N–H and O–H groups in total. The highest BCUT2D eigenvalue weighted by Crippen LogP contribution is 2.30. The summed E-state index contributed by atoms with van der Waals surface area (Å²) >= 11 is 3.52. The van der Waals surface area contributed by atoms with E-state index in [-0.39, 0.29) is 11.9 Å². The van der Waals surface area contributed by atoms with Crippen molar-refractivity contribution in [1.29, 1.82) is 0 Å². The topological polar surface area (TPSA) is 39.4 Å². The van der Waals surface area contributed by atoms with Crippen LogP contribution in [0.3, 0.4) is 0 Å². The summed E-state index contributed by atoms with van der Waals surface area (Å²) in [5, 5.41) is 0. The number of halogens is 1. The summed E-state index contributed by atoms with van der Waals surface area (Å²) in [5.74, 6) is 0.866. The first-order valence-corrected chi connectivity index (χ1v) is 10.1. The highest BCUT2D eigenvalue weighted by molar-refractivity contribution is 9.10. The Hall–Kier alpha value is -2.05. The number of aromatic nitrogens is 2. The van der Waals surface area contributed by atoms with Crippen LogP contribution in [-0.4, -0.2) is 27.7 Å². The number of hydrogen-bond acceptors (Lipinski definition) is 3. The minimum absolute atomic E-state index is 0.0507. The number of benzene rings is 2. The van der Waals surface area contributed by atoms with E-state index < -0.39 is 0 Å². The predicted molar refractivity (Wildman–Crippen MR) is 111 cm³/mol. The maximum atomic E-state index is 13.0. The van der Waals surface area contributed by atoms with Gasteiger partial charge in [-0.3, -0.25) is 14.0 Å². The molecule has 1 saturated heterocycles. The lowest BCUT2D eigenvalue weighted by Gasteiger charge is -2.36. The fourth-order valence-electron chi connectivity index (χ4n) is 4.04. The van der Waals surface area contributed by atoms with Gasteiger partial charge in [-0.05, 0) is 55.2 Å². The van der Waals surface area contributed by atoms with Crippen LogP contribution in [0.25, 0.3) is 11.0 Å². The van der Waals surface area contributed by atoms with Crippen molar-refractivity contribution in [2.45, 2.75) is 32.0 Å². The summed E-state index contributed by atoms with van der Waals surface area (Å²) in [6.45, 7) is 1.82. The minimum Gasteiger partial charge on any atom is -0.497 e. The van der Waals surface area contributed by atoms with Gasteiger partial charge in [0, 0.05) is 24.6 Å².